The second-order valence-electron chi connectivity index (χ2n) is 23.4. The normalized spacial score (nSPS) is 42.4. The lowest BCUT2D eigenvalue weighted by atomic mass is 9.50. The number of nitro groups is 3. The van der Waals surface area contributed by atoms with Crippen LogP contribution < -0.4 is 0 Å². The lowest BCUT2D eigenvalue weighted by Crippen LogP contribution is -2.52. The summed E-state index contributed by atoms with van der Waals surface area (Å²) in [6, 6.07) is 30.9. The maximum Gasteiger partial charge on any atom is 0.269 e. The molecule has 12 atom stereocenters. The highest BCUT2D eigenvalue weighted by molar-refractivity contribution is 5.73. The van der Waals surface area contributed by atoms with Crippen molar-refractivity contribution in [2.75, 3.05) is 0 Å². The molecular formula is C54H57N3O6. The van der Waals surface area contributed by atoms with E-state index in [2.05, 4.69) is 96.1 Å². The number of non-ortho nitro benzene ring substituents is 3. The fraction of sp³-hybridized carbons (Fsp3) is 0.556. The highest BCUT2D eigenvalue weighted by atomic mass is 16.6. The van der Waals surface area contributed by atoms with Crippen molar-refractivity contribution in [1.29, 1.82) is 0 Å². The minimum absolute atomic E-state index is 0.0921. The third-order valence-electron chi connectivity index (χ3n) is 22.4. The van der Waals surface area contributed by atoms with Gasteiger partial charge < -0.3 is 0 Å². The van der Waals surface area contributed by atoms with Gasteiger partial charge in [-0.05, 0) is 124 Å². The van der Waals surface area contributed by atoms with Crippen molar-refractivity contribution in [2.45, 2.75) is 132 Å². The van der Waals surface area contributed by atoms with Gasteiger partial charge in [-0.25, -0.2) is 0 Å². The molecule has 0 aromatic heterocycles. The van der Waals surface area contributed by atoms with Crippen molar-refractivity contribution >= 4 is 17.1 Å². The second-order valence-corrected chi connectivity index (χ2v) is 23.4. The molecule has 4 aromatic rings. The van der Waals surface area contributed by atoms with Crippen molar-refractivity contribution in [3.8, 4) is 0 Å². The average molecular weight is 844 g/mol. The SMILES string of the molecule is CC1(C)C2(c3ccc([N+](=O)[O-])cc3)C3CCCC3C12c1cc(C23C4CCCC4C2(c2ccc([N+](=O)[O-])cc2)C3(C)C)cc(C23C4CCCC4C2(c2ccc([N+](=O)[O-])cc2)C3(C)C)c1. The minimum atomic E-state index is -0.285. The second kappa shape index (κ2) is 11.1. The fourth-order valence-corrected chi connectivity index (χ4v) is 21.7. The Morgan fingerprint density at radius 3 is 0.730 bits per heavy atom. The standard InChI is InChI=1S/C54H57N3O6/c1-46(2)49(31-16-22-37(23-17-31)55(58)59)40-10-7-13-43(40)52(46,49)34-28-35(53-44-14-8-11-41(44)50(53,47(53,3)4)32-18-24-38(25-19-32)56(60)61)30-36(29-34)54-45-15-9-12-42(45)51(54,48(54,5)6)33-20-26-39(27-21-33)57(62)63/h16-30,40-45H,7-15H2,1-6H3. The largest absolute Gasteiger partial charge is 0.269 e. The van der Waals surface area contributed by atoms with Crippen LogP contribution in [0.1, 0.15) is 133 Å². The smallest absolute Gasteiger partial charge is 0.258 e. The average Bonchev–Trinajstić information content (AvgIpc) is 3.62. The summed E-state index contributed by atoms with van der Waals surface area (Å²) in [7, 11) is 0. The molecule has 0 bridgehead atoms. The third kappa shape index (κ3) is 3.39. The zero-order valence-corrected chi connectivity index (χ0v) is 37.3. The lowest BCUT2D eigenvalue weighted by molar-refractivity contribution is -0.385. The van der Waals surface area contributed by atoms with Crippen LogP contribution in [0.15, 0.2) is 91.0 Å². The molecule has 4 aromatic carbocycles. The summed E-state index contributed by atoms with van der Waals surface area (Å²) in [5, 5.41) is 35.8. The zero-order valence-electron chi connectivity index (χ0n) is 37.3. The summed E-state index contributed by atoms with van der Waals surface area (Å²) in [6.45, 7) is 15.0. The van der Waals surface area contributed by atoms with E-state index in [-0.39, 0.29) is 80.6 Å². The molecule has 0 amide bonds. The van der Waals surface area contributed by atoms with Crippen LogP contribution >= 0.6 is 0 Å². The molecule has 9 nitrogen and oxygen atoms in total. The summed E-state index contributed by atoms with van der Waals surface area (Å²) >= 11 is 0. The molecule has 0 radical (unpaired) electrons. The van der Waals surface area contributed by atoms with E-state index in [1.165, 1.54) is 91.2 Å². The van der Waals surface area contributed by atoms with Gasteiger partial charge in [0.25, 0.3) is 17.1 Å². The van der Waals surface area contributed by atoms with Gasteiger partial charge in [-0.15, -0.1) is 0 Å². The summed E-state index contributed by atoms with van der Waals surface area (Å²) in [6.07, 6.45) is 10.7. The van der Waals surface area contributed by atoms with Crippen molar-refractivity contribution in [3.63, 3.8) is 0 Å². The highest BCUT2D eigenvalue weighted by Crippen LogP contribution is 2.99. The van der Waals surface area contributed by atoms with Crippen LogP contribution in [0, 0.1) is 82.1 Å². The van der Waals surface area contributed by atoms with E-state index in [0.29, 0.717) is 35.5 Å². The molecule has 9 aliphatic carbocycles. The molecule has 324 valence electrons. The number of fused-ring (bicyclic) bond motifs is 12. The van der Waals surface area contributed by atoms with E-state index < -0.39 is 0 Å². The van der Waals surface area contributed by atoms with E-state index in [1.54, 1.807) is 36.4 Å². The van der Waals surface area contributed by atoms with Crippen molar-refractivity contribution in [2.24, 2.45) is 51.8 Å². The number of hydrogen-bond donors (Lipinski definition) is 0. The number of benzene rings is 4. The van der Waals surface area contributed by atoms with Gasteiger partial charge in [-0.1, -0.05) is 115 Å². The Labute approximate surface area is 368 Å². The molecule has 9 aliphatic rings. The van der Waals surface area contributed by atoms with E-state index in [9.17, 15) is 30.3 Å². The number of rotatable bonds is 9. The predicted octanol–water partition coefficient (Wildman–Crippen LogP) is 12.3. The van der Waals surface area contributed by atoms with Gasteiger partial charge in [0.1, 0.15) is 0 Å². The van der Waals surface area contributed by atoms with Crippen LogP contribution in [0.4, 0.5) is 17.1 Å². The number of nitrogens with zero attached hydrogens (tertiary/aromatic N) is 3. The monoisotopic (exact) mass is 843 g/mol. The van der Waals surface area contributed by atoms with Crippen molar-refractivity contribution in [3.05, 3.63) is 155 Å². The van der Waals surface area contributed by atoms with Crippen LogP contribution in [-0.2, 0) is 32.5 Å². The summed E-state index contributed by atoms with van der Waals surface area (Å²) in [5.41, 5.74) is 7.34. The Balaban J connectivity index is 1.07. The Kier molecular flexibility index (Phi) is 6.80. The van der Waals surface area contributed by atoms with Gasteiger partial charge in [-0.2, -0.15) is 0 Å². The van der Waals surface area contributed by atoms with Gasteiger partial charge >= 0.3 is 0 Å². The number of hydrogen-bond acceptors (Lipinski definition) is 6. The van der Waals surface area contributed by atoms with Gasteiger partial charge in [0.05, 0.1) is 14.8 Å². The van der Waals surface area contributed by atoms with Crippen molar-refractivity contribution in [1.82, 2.24) is 0 Å². The van der Waals surface area contributed by atoms with E-state index in [0.717, 1.165) is 0 Å². The third-order valence-corrected chi connectivity index (χ3v) is 22.4. The Morgan fingerprint density at radius 1 is 0.349 bits per heavy atom. The predicted molar refractivity (Wildman–Crippen MR) is 240 cm³/mol. The molecule has 9 fully saturated rings. The topological polar surface area (TPSA) is 129 Å². The molecule has 0 saturated heterocycles. The molecule has 9 saturated carbocycles. The van der Waals surface area contributed by atoms with E-state index in [1.807, 2.05) is 0 Å². The highest BCUT2D eigenvalue weighted by Gasteiger charge is 2.99. The molecule has 0 heterocycles. The van der Waals surface area contributed by atoms with Crippen LogP contribution in [-0.4, -0.2) is 14.8 Å². The van der Waals surface area contributed by atoms with Crippen molar-refractivity contribution < 1.29 is 14.8 Å². The Hall–Kier alpha value is -4.92. The Bertz CT molecular complexity index is 2450. The summed E-state index contributed by atoms with van der Waals surface area (Å²) in [5.74, 6) is 3.07. The molecular weight excluding hydrogens is 787 g/mol. The lowest BCUT2D eigenvalue weighted by Gasteiger charge is -2.52. The first kappa shape index (κ1) is 38.5. The fourth-order valence-electron chi connectivity index (χ4n) is 21.7. The minimum Gasteiger partial charge on any atom is -0.258 e. The van der Waals surface area contributed by atoms with Gasteiger partial charge in [0, 0.05) is 68.9 Å². The first-order valence-electron chi connectivity index (χ1n) is 23.9. The van der Waals surface area contributed by atoms with Crippen LogP contribution in [0.5, 0.6) is 0 Å². The maximum absolute atomic E-state index is 11.9. The van der Waals surface area contributed by atoms with E-state index in [4.69, 9.17) is 0 Å². The molecule has 0 N–H and O–H groups in total. The van der Waals surface area contributed by atoms with Crippen LogP contribution in [0.2, 0.25) is 0 Å². The maximum atomic E-state index is 11.9. The molecule has 13 rings (SSSR count). The molecule has 9 heteroatoms. The first-order valence-corrected chi connectivity index (χ1v) is 23.9. The molecule has 0 spiro atoms. The van der Waals surface area contributed by atoms with Crippen LogP contribution in [0.3, 0.4) is 0 Å². The summed E-state index contributed by atoms with van der Waals surface area (Å²) in [4.78, 5) is 35.0. The first-order chi connectivity index (χ1) is 30.0. The zero-order chi connectivity index (χ0) is 43.9. The summed E-state index contributed by atoms with van der Waals surface area (Å²) < 4.78 is 0. The van der Waals surface area contributed by atoms with E-state index >= 15 is 0 Å². The molecule has 12 unspecified atom stereocenters. The van der Waals surface area contributed by atoms with Gasteiger partial charge in [0.15, 0.2) is 0 Å². The van der Waals surface area contributed by atoms with Gasteiger partial charge in [-0.3, -0.25) is 30.3 Å². The van der Waals surface area contributed by atoms with Crippen LogP contribution in [0.25, 0.3) is 0 Å². The van der Waals surface area contributed by atoms with Gasteiger partial charge in [0.2, 0.25) is 0 Å². The molecule has 63 heavy (non-hydrogen) atoms. The quantitative estimate of drug-likeness (QED) is 0.122. The molecule has 0 aliphatic heterocycles. The Morgan fingerprint density at radius 2 is 0.540 bits per heavy atom. The number of nitro benzene ring substituents is 3.